The van der Waals surface area contributed by atoms with Crippen LogP contribution in [-0.4, -0.2) is 19.9 Å². The summed E-state index contributed by atoms with van der Waals surface area (Å²) in [6, 6.07) is 79.9. The highest BCUT2D eigenvalue weighted by atomic mass is 14.9. The Labute approximate surface area is 350 Å². The molecule has 60 heavy (non-hydrogen) atoms. The van der Waals surface area contributed by atoms with Crippen LogP contribution in [-0.2, 0) is 0 Å². The van der Waals surface area contributed by atoms with E-state index in [4.69, 9.17) is 19.9 Å². The highest BCUT2D eigenvalue weighted by Gasteiger charge is 2.17. The molecule has 2 aromatic heterocycles. The van der Waals surface area contributed by atoms with Crippen LogP contribution in [0.2, 0.25) is 0 Å². The molecule has 0 atom stereocenters. The number of rotatable bonds is 9. The minimum absolute atomic E-state index is 0.700. The number of aromatic nitrogens is 4. The molecule has 0 bridgehead atoms. The Balaban J connectivity index is 1.05. The standard InChI is InChI=1S/C56H38N4/c1-6-17-39(18-7-1)48-27-16-28-49(40-29-31-43(32-30-40)52-37-50(41-19-8-2-9-20-41)57-55(59-52)46-23-12-4-13-24-46)54(48)45-35-33-44(34-36-45)53-38-51(42-21-10-3-11-22-42)58-56(60-53)47-25-14-5-15-26-47/h1-38H. The van der Waals surface area contributed by atoms with Crippen LogP contribution >= 0.6 is 0 Å². The molecule has 0 fully saturated rings. The van der Waals surface area contributed by atoms with Crippen LogP contribution in [0, 0.1) is 0 Å². The zero-order chi connectivity index (χ0) is 40.1. The minimum Gasteiger partial charge on any atom is -0.228 e. The summed E-state index contributed by atoms with van der Waals surface area (Å²) in [5.74, 6) is 1.40. The Morgan fingerprint density at radius 2 is 0.467 bits per heavy atom. The van der Waals surface area contributed by atoms with Gasteiger partial charge in [0.2, 0.25) is 0 Å². The summed E-state index contributed by atoms with van der Waals surface area (Å²) in [7, 11) is 0. The molecule has 282 valence electrons. The summed E-state index contributed by atoms with van der Waals surface area (Å²) in [6.45, 7) is 0. The zero-order valence-electron chi connectivity index (χ0n) is 32.7. The summed E-state index contributed by atoms with van der Waals surface area (Å²) >= 11 is 0. The lowest BCUT2D eigenvalue weighted by atomic mass is 9.87. The maximum absolute atomic E-state index is 5.09. The fourth-order valence-electron chi connectivity index (χ4n) is 7.73. The summed E-state index contributed by atoms with van der Waals surface area (Å²) in [5.41, 5.74) is 16.5. The third-order valence-electron chi connectivity index (χ3n) is 10.8. The molecule has 10 rings (SSSR count). The van der Waals surface area contributed by atoms with Crippen LogP contribution in [0.15, 0.2) is 231 Å². The van der Waals surface area contributed by atoms with E-state index in [9.17, 15) is 0 Å². The van der Waals surface area contributed by atoms with E-state index in [1.807, 2.05) is 72.8 Å². The number of benzene rings is 8. The molecule has 0 aliphatic rings. The fraction of sp³-hybridized carbons (Fsp3) is 0. The van der Waals surface area contributed by atoms with Crippen molar-refractivity contribution >= 4 is 0 Å². The van der Waals surface area contributed by atoms with Crippen molar-refractivity contribution in [2.75, 3.05) is 0 Å². The Kier molecular flexibility index (Phi) is 9.92. The quantitative estimate of drug-likeness (QED) is 0.147. The van der Waals surface area contributed by atoms with Gasteiger partial charge in [-0.25, -0.2) is 19.9 Å². The lowest BCUT2D eigenvalue weighted by Crippen LogP contribution is -1.96. The Morgan fingerprint density at radius 3 is 0.833 bits per heavy atom. The van der Waals surface area contributed by atoms with Gasteiger partial charge in [-0.15, -0.1) is 0 Å². The molecule has 0 N–H and O–H groups in total. The van der Waals surface area contributed by atoms with E-state index >= 15 is 0 Å². The van der Waals surface area contributed by atoms with Gasteiger partial charge in [-0.2, -0.15) is 0 Å². The molecular formula is C56H38N4. The van der Waals surface area contributed by atoms with E-state index in [0.717, 1.165) is 78.4 Å². The van der Waals surface area contributed by atoms with E-state index in [1.165, 1.54) is 11.1 Å². The second-order valence-corrected chi connectivity index (χ2v) is 14.6. The van der Waals surface area contributed by atoms with Crippen molar-refractivity contribution in [3.8, 4) is 101 Å². The minimum atomic E-state index is 0.700. The zero-order valence-corrected chi connectivity index (χ0v) is 32.7. The van der Waals surface area contributed by atoms with E-state index < -0.39 is 0 Å². The number of hydrogen-bond donors (Lipinski definition) is 0. The van der Waals surface area contributed by atoms with Crippen LogP contribution in [0.4, 0.5) is 0 Å². The monoisotopic (exact) mass is 766 g/mol. The maximum atomic E-state index is 5.09. The van der Waals surface area contributed by atoms with Crippen molar-refractivity contribution in [3.05, 3.63) is 231 Å². The van der Waals surface area contributed by atoms with Crippen LogP contribution in [0.1, 0.15) is 0 Å². The van der Waals surface area contributed by atoms with Gasteiger partial charge in [0, 0.05) is 33.4 Å². The molecule has 0 radical (unpaired) electrons. The van der Waals surface area contributed by atoms with Crippen molar-refractivity contribution in [3.63, 3.8) is 0 Å². The average Bonchev–Trinajstić information content (AvgIpc) is 3.35. The fourth-order valence-corrected chi connectivity index (χ4v) is 7.73. The van der Waals surface area contributed by atoms with Crippen molar-refractivity contribution in [1.82, 2.24) is 19.9 Å². The van der Waals surface area contributed by atoms with E-state index in [1.54, 1.807) is 0 Å². The highest BCUT2D eigenvalue weighted by molar-refractivity contribution is 5.95. The van der Waals surface area contributed by atoms with Gasteiger partial charge in [0.1, 0.15) is 0 Å². The summed E-state index contributed by atoms with van der Waals surface area (Å²) < 4.78 is 0. The van der Waals surface area contributed by atoms with Gasteiger partial charge in [-0.1, -0.05) is 218 Å². The molecule has 8 aromatic carbocycles. The first-order valence-electron chi connectivity index (χ1n) is 20.1. The molecular weight excluding hydrogens is 729 g/mol. The molecule has 0 aliphatic carbocycles. The summed E-state index contributed by atoms with van der Waals surface area (Å²) in [6.07, 6.45) is 0. The predicted molar refractivity (Wildman–Crippen MR) is 247 cm³/mol. The molecule has 0 saturated heterocycles. The van der Waals surface area contributed by atoms with Gasteiger partial charge < -0.3 is 0 Å². The lowest BCUT2D eigenvalue weighted by molar-refractivity contribution is 1.18. The van der Waals surface area contributed by atoms with Crippen molar-refractivity contribution < 1.29 is 0 Å². The summed E-state index contributed by atoms with van der Waals surface area (Å²) in [4.78, 5) is 20.2. The van der Waals surface area contributed by atoms with Gasteiger partial charge in [0.25, 0.3) is 0 Å². The largest absolute Gasteiger partial charge is 0.228 e. The van der Waals surface area contributed by atoms with E-state index in [0.29, 0.717) is 11.6 Å². The third kappa shape index (κ3) is 7.53. The predicted octanol–water partition coefficient (Wildman–Crippen LogP) is 14.3. The summed E-state index contributed by atoms with van der Waals surface area (Å²) in [5, 5.41) is 0. The van der Waals surface area contributed by atoms with Crippen LogP contribution < -0.4 is 0 Å². The third-order valence-corrected chi connectivity index (χ3v) is 10.8. The van der Waals surface area contributed by atoms with Gasteiger partial charge in [0.05, 0.1) is 22.8 Å². The first-order chi connectivity index (χ1) is 29.7. The van der Waals surface area contributed by atoms with Crippen LogP contribution in [0.25, 0.3) is 101 Å². The number of nitrogens with zero attached hydrogens (tertiary/aromatic N) is 4. The molecule has 0 aliphatic heterocycles. The second-order valence-electron chi connectivity index (χ2n) is 14.6. The topological polar surface area (TPSA) is 51.6 Å². The van der Waals surface area contributed by atoms with E-state index in [2.05, 4.69) is 158 Å². The Hall–Kier alpha value is -8.08. The maximum Gasteiger partial charge on any atom is 0.160 e. The first kappa shape index (κ1) is 36.3. The van der Waals surface area contributed by atoms with Crippen LogP contribution in [0.3, 0.4) is 0 Å². The number of hydrogen-bond acceptors (Lipinski definition) is 4. The van der Waals surface area contributed by atoms with Crippen LogP contribution in [0.5, 0.6) is 0 Å². The highest BCUT2D eigenvalue weighted by Crippen LogP contribution is 2.41. The normalized spacial score (nSPS) is 11.0. The average molecular weight is 767 g/mol. The molecule has 0 unspecified atom stereocenters. The molecule has 0 spiro atoms. The van der Waals surface area contributed by atoms with Gasteiger partial charge in [0.15, 0.2) is 11.6 Å². The van der Waals surface area contributed by atoms with Gasteiger partial charge in [-0.05, 0) is 45.5 Å². The van der Waals surface area contributed by atoms with Crippen molar-refractivity contribution in [1.29, 1.82) is 0 Å². The molecule has 0 amide bonds. The van der Waals surface area contributed by atoms with Gasteiger partial charge in [-0.3, -0.25) is 0 Å². The molecule has 4 nitrogen and oxygen atoms in total. The Morgan fingerprint density at radius 1 is 0.200 bits per heavy atom. The molecule has 10 aromatic rings. The molecule has 0 saturated carbocycles. The van der Waals surface area contributed by atoms with Crippen molar-refractivity contribution in [2.24, 2.45) is 0 Å². The molecule has 2 heterocycles. The van der Waals surface area contributed by atoms with Crippen molar-refractivity contribution in [2.45, 2.75) is 0 Å². The molecule has 4 heteroatoms. The van der Waals surface area contributed by atoms with E-state index in [-0.39, 0.29) is 0 Å². The smallest absolute Gasteiger partial charge is 0.160 e. The Bertz CT molecular complexity index is 2910. The van der Waals surface area contributed by atoms with Gasteiger partial charge >= 0.3 is 0 Å². The first-order valence-corrected chi connectivity index (χ1v) is 20.1. The lowest BCUT2D eigenvalue weighted by Gasteiger charge is -2.17. The SMILES string of the molecule is c1ccc(-c2cc(-c3ccc(-c4cccc(-c5ccccc5)c4-c4ccc(-c5cc(-c6ccccc6)nc(-c6ccccc6)n5)cc4)cc3)nc(-c3ccccc3)n2)cc1. The second kappa shape index (κ2) is 16.4.